The van der Waals surface area contributed by atoms with Crippen molar-refractivity contribution < 1.29 is 47.3 Å². The number of nitrogens with zero attached hydrogens (tertiary/aromatic N) is 2. The van der Waals surface area contributed by atoms with Crippen LogP contribution in [0.1, 0.15) is 48.2 Å². The van der Waals surface area contributed by atoms with Crippen LogP contribution in [0.25, 0.3) is 17.1 Å². The van der Waals surface area contributed by atoms with E-state index in [4.69, 9.17) is 21.3 Å². The largest absolute Gasteiger partial charge is 1.00 e. The summed E-state index contributed by atoms with van der Waals surface area (Å²) in [4.78, 5) is 21.8. The number of rotatable bonds is 13. The minimum Gasteiger partial charge on any atom is -0.748 e. The summed E-state index contributed by atoms with van der Waals surface area (Å²) in [6.07, 6.45) is 5.18. The molecule has 0 amide bonds. The fourth-order valence-electron chi connectivity index (χ4n) is 4.86. The Balaban J connectivity index is 0.00000423. The van der Waals surface area contributed by atoms with E-state index >= 15 is 0 Å². The summed E-state index contributed by atoms with van der Waals surface area (Å²) in [7, 11) is -4.16. The molecule has 0 spiro atoms. The van der Waals surface area contributed by atoms with Gasteiger partial charge in [-0.2, -0.15) is 0 Å². The molecule has 11 heteroatoms. The number of aromatic nitrogens is 3. The van der Waals surface area contributed by atoms with Gasteiger partial charge in [0.15, 0.2) is 5.82 Å². The number of hydrogen-bond donors (Lipinski definition) is 1. The van der Waals surface area contributed by atoms with Crippen molar-refractivity contribution in [2.75, 3.05) is 12.4 Å². The van der Waals surface area contributed by atoms with E-state index < -0.39 is 10.1 Å². The van der Waals surface area contributed by atoms with Gasteiger partial charge in [0.1, 0.15) is 11.4 Å². The number of benzene rings is 3. The number of fused-ring (bicyclic) bond motifs is 1. The van der Waals surface area contributed by atoms with Gasteiger partial charge in [-0.15, -0.1) is 0 Å². The van der Waals surface area contributed by atoms with Gasteiger partial charge in [-0.05, 0) is 41.7 Å². The quantitative estimate of drug-likeness (QED) is 0.122. The fourth-order valence-corrected chi connectivity index (χ4v) is 5.68. The zero-order chi connectivity index (χ0) is 29.5. The minimum absolute atomic E-state index is 0. The van der Waals surface area contributed by atoms with Crippen LogP contribution in [0.5, 0.6) is 5.75 Å². The Morgan fingerprint density at radius 3 is 2.28 bits per heavy atom. The molecule has 0 atom stereocenters. The van der Waals surface area contributed by atoms with Crippen molar-refractivity contribution in [3.63, 3.8) is 0 Å². The predicted octanol–water partition coefficient (Wildman–Crippen LogP) is 2.99. The van der Waals surface area contributed by atoms with Gasteiger partial charge in [0.25, 0.3) is 5.56 Å². The normalized spacial score (nSPS) is 11.4. The van der Waals surface area contributed by atoms with E-state index in [1.165, 1.54) is 0 Å². The van der Waals surface area contributed by atoms with Gasteiger partial charge in [-0.25, -0.2) is 13.4 Å². The molecule has 0 saturated heterocycles. The molecule has 0 saturated carbocycles. The van der Waals surface area contributed by atoms with Crippen LogP contribution in [0.2, 0.25) is 5.02 Å². The number of hydrogen-bond acceptors (Lipinski definition) is 6. The van der Waals surface area contributed by atoms with Crippen molar-refractivity contribution in [1.82, 2.24) is 14.5 Å². The first-order chi connectivity index (χ1) is 20.3. The molecule has 0 unspecified atom stereocenters. The molecule has 43 heavy (non-hydrogen) atoms. The summed E-state index contributed by atoms with van der Waals surface area (Å²) < 4.78 is 39.5. The van der Waals surface area contributed by atoms with Crippen LogP contribution in [0.4, 0.5) is 0 Å². The molecule has 8 nitrogen and oxygen atoms in total. The van der Waals surface area contributed by atoms with E-state index in [0.29, 0.717) is 61.0 Å². The molecule has 1 N–H and O–H groups in total. The van der Waals surface area contributed by atoms with E-state index in [-0.39, 0.29) is 40.9 Å². The summed E-state index contributed by atoms with van der Waals surface area (Å²) in [5.41, 5.74) is 4.84. The topological polar surface area (TPSA) is 117 Å². The molecule has 2 heterocycles. The minimum atomic E-state index is -4.16. The van der Waals surface area contributed by atoms with Crippen LogP contribution in [-0.4, -0.2) is 39.9 Å². The van der Waals surface area contributed by atoms with Crippen molar-refractivity contribution in [3.8, 4) is 22.8 Å². The van der Waals surface area contributed by atoms with Crippen LogP contribution in [-0.2, 0) is 23.0 Å². The Morgan fingerprint density at radius 1 is 0.884 bits per heavy atom. The first-order valence-electron chi connectivity index (χ1n) is 13.8. The van der Waals surface area contributed by atoms with Gasteiger partial charge < -0.3 is 14.3 Å². The Morgan fingerprint density at radius 2 is 1.58 bits per heavy atom. The molecule has 3 aromatic carbocycles. The molecule has 2 aliphatic heterocycles. The van der Waals surface area contributed by atoms with Gasteiger partial charge >= 0.3 is 29.6 Å². The van der Waals surface area contributed by atoms with Crippen molar-refractivity contribution in [1.29, 1.82) is 0 Å². The second-order valence-corrected chi connectivity index (χ2v) is 12.1. The van der Waals surface area contributed by atoms with Crippen molar-refractivity contribution in [2.45, 2.75) is 38.5 Å². The van der Waals surface area contributed by atoms with Gasteiger partial charge in [0.05, 0.1) is 33.1 Å². The number of halogens is 1. The molecule has 0 fully saturated rings. The number of aromatic amines is 1. The van der Waals surface area contributed by atoms with Gasteiger partial charge in [-0.3, -0.25) is 9.36 Å². The molecule has 0 aromatic heterocycles. The molecule has 0 bridgehead atoms. The molecule has 5 rings (SSSR count). The Kier molecular flexibility index (Phi) is 11.7. The Labute approximate surface area is 278 Å². The van der Waals surface area contributed by atoms with Crippen LogP contribution in [0.15, 0.2) is 89.9 Å². The molecule has 0 aliphatic carbocycles. The zero-order valence-electron chi connectivity index (χ0n) is 24.0. The van der Waals surface area contributed by atoms with Gasteiger partial charge in [0.2, 0.25) is 0 Å². The molecule has 0 radical (unpaired) electrons. The maximum absolute atomic E-state index is 13.6. The smallest absolute Gasteiger partial charge is 0.748 e. The maximum Gasteiger partial charge on any atom is 1.00 e. The SMILES string of the molecule is O=c1c(Cc2ccc(OCCCCCCS(=O)(=O)[O-])c(Cl)c2)nc2c(Cc3ccccc3)[nH]c(-c3ccccc3)cn1-2.[Na+]. The third kappa shape index (κ3) is 9.04. The average molecular weight is 628 g/mol. The van der Waals surface area contributed by atoms with Crippen molar-refractivity contribution >= 4 is 21.7 Å². The first-order valence-corrected chi connectivity index (χ1v) is 15.8. The Hall–Kier alpha value is -2.92. The van der Waals surface area contributed by atoms with E-state index in [9.17, 15) is 17.8 Å². The summed E-state index contributed by atoms with van der Waals surface area (Å²) in [5.74, 6) is 0.795. The second kappa shape index (κ2) is 15.2. The van der Waals surface area contributed by atoms with E-state index in [1.54, 1.807) is 16.7 Å². The van der Waals surface area contributed by atoms with Crippen molar-refractivity contribution in [2.24, 2.45) is 0 Å². The molecule has 3 aromatic rings. The van der Waals surface area contributed by atoms with E-state index in [1.807, 2.05) is 60.8 Å². The molecule has 2 aliphatic rings. The average Bonchev–Trinajstić information content (AvgIpc) is 3.29. The van der Waals surface area contributed by atoms with Crippen LogP contribution >= 0.6 is 11.6 Å². The van der Waals surface area contributed by atoms with Crippen LogP contribution in [0.3, 0.4) is 0 Å². The van der Waals surface area contributed by atoms with Crippen LogP contribution in [0, 0.1) is 0 Å². The fraction of sp³-hybridized carbons (Fsp3) is 0.250. The van der Waals surface area contributed by atoms with E-state index in [2.05, 4.69) is 17.1 Å². The van der Waals surface area contributed by atoms with Gasteiger partial charge in [-0.1, -0.05) is 91.2 Å². The third-order valence-electron chi connectivity index (χ3n) is 6.97. The predicted molar refractivity (Wildman–Crippen MR) is 163 cm³/mol. The van der Waals surface area contributed by atoms with Crippen LogP contribution < -0.4 is 39.9 Å². The second-order valence-electron chi connectivity index (χ2n) is 10.2. The Bertz CT molecular complexity index is 1780. The molecular formula is C32H31ClN3NaO5S. The van der Waals surface area contributed by atoms with Gasteiger partial charge in [0, 0.05) is 24.8 Å². The number of ether oxygens (including phenoxy) is 1. The third-order valence-corrected chi connectivity index (χ3v) is 8.06. The first kappa shape index (κ1) is 33.0. The summed E-state index contributed by atoms with van der Waals surface area (Å²) in [6.45, 7) is 0.421. The number of nitrogens with one attached hydrogen (secondary N) is 1. The summed E-state index contributed by atoms with van der Waals surface area (Å²) >= 11 is 6.50. The number of unbranched alkanes of at least 4 members (excludes halogenated alkanes) is 3. The molecular weight excluding hydrogens is 597 g/mol. The zero-order valence-corrected chi connectivity index (χ0v) is 27.5. The standard InChI is InChI=1S/C32H32ClN3O5S.Na/c33-26-19-24(15-16-30(26)41-17-9-1-2-10-18-42(38,39)40)21-28-32(37)36-22-29(25-13-7-4-8-14-25)34-27(31(36)35-28)20-23-11-5-3-6-12-23;/h3-8,11-16,19,22,34H,1-2,9-10,17-18,20-21H2,(H,38,39,40);/q;+1/p-1. The summed E-state index contributed by atoms with van der Waals surface area (Å²) in [5, 5.41) is 0.436. The van der Waals surface area contributed by atoms with E-state index in [0.717, 1.165) is 34.5 Å². The summed E-state index contributed by atoms with van der Waals surface area (Å²) in [6, 6.07) is 25.4. The van der Waals surface area contributed by atoms with Crippen molar-refractivity contribution in [3.05, 3.63) is 123 Å². The maximum atomic E-state index is 13.6. The molecule has 218 valence electrons. The number of H-pyrrole nitrogens is 1. The monoisotopic (exact) mass is 627 g/mol. The number of imidazole rings is 1.